The van der Waals surface area contributed by atoms with Crippen LogP contribution >= 0.6 is 15.9 Å². The number of hydrogen-bond donors (Lipinski definition) is 1. The number of nitrogens with one attached hydrogen (secondary N) is 1. The molecule has 1 rings (SSSR count). The van der Waals surface area contributed by atoms with Crippen LogP contribution in [0.5, 0.6) is 5.75 Å². The third-order valence-electron chi connectivity index (χ3n) is 3.40. The van der Waals surface area contributed by atoms with Crippen molar-refractivity contribution >= 4 is 15.9 Å². The summed E-state index contributed by atoms with van der Waals surface area (Å²) < 4.78 is 6.76. The van der Waals surface area contributed by atoms with Gasteiger partial charge in [0.05, 0.1) is 10.6 Å². The van der Waals surface area contributed by atoms with Crippen LogP contribution in [0.15, 0.2) is 22.7 Å². The Morgan fingerprint density at radius 2 is 1.81 bits per heavy atom. The van der Waals surface area contributed by atoms with Crippen LogP contribution in [-0.4, -0.2) is 12.6 Å². The Hall–Kier alpha value is -0.540. The molecular formula is C18H30BrNO. The van der Waals surface area contributed by atoms with E-state index in [-0.39, 0.29) is 6.10 Å². The van der Waals surface area contributed by atoms with E-state index in [4.69, 9.17) is 4.74 Å². The lowest BCUT2D eigenvalue weighted by molar-refractivity contribution is 0.241. The molecule has 21 heavy (non-hydrogen) atoms. The van der Waals surface area contributed by atoms with Gasteiger partial charge in [0, 0.05) is 6.54 Å². The summed E-state index contributed by atoms with van der Waals surface area (Å²) >= 11 is 3.58. The number of hydrogen-bond acceptors (Lipinski definition) is 2. The molecule has 1 N–H and O–H groups in total. The lowest BCUT2D eigenvalue weighted by Gasteiger charge is -2.12. The van der Waals surface area contributed by atoms with Crippen LogP contribution in [0.2, 0.25) is 0 Å². The second-order valence-corrected chi connectivity index (χ2v) is 6.73. The van der Waals surface area contributed by atoms with Crippen molar-refractivity contribution in [2.45, 2.75) is 71.9 Å². The molecule has 0 atom stereocenters. The normalized spacial score (nSPS) is 11.1. The summed E-state index contributed by atoms with van der Waals surface area (Å²) in [6.45, 7) is 8.38. The monoisotopic (exact) mass is 355 g/mol. The maximum atomic E-state index is 5.72. The average Bonchev–Trinajstić information content (AvgIpc) is 2.44. The Bertz CT molecular complexity index is 393. The number of rotatable bonds is 11. The largest absolute Gasteiger partial charge is 0.490 e. The number of ether oxygens (including phenoxy) is 1. The minimum Gasteiger partial charge on any atom is -0.490 e. The van der Waals surface area contributed by atoms with Gasteiger partial charge in [-0.05, 0) is 60.4 Å². The average molecular weight is 356 g/mol. The first-order valence-corrected chi connectivity index (χ1v) is 9.08. The van der Waals surface area contributed by atoms with Crippen molar-refractivity contribution in [1.29, 1.82) is 0 Å². The van der Waals surface area contributed by atoms with E-state index in [9.17, 15) is 0 Å². The van der Waals surface area contributed by atoms with Crippen LogP contribution in [0, 0.1) is 0 Å². The molecule has 0 aromatic heterocycles. The van der Waals surface area contributed by atoms with E-state index >= 15 is 0 Å². The molecule has 0 saturated heterocycles. The molecule has 2 nitrogen and oxygen atoms in total. The molecule has 120 valence electrons. The van der Waals surface area contributed by atoms with Crippen molar-refractivity contribution in [3.05, 3.63) is 28.2 Å². The summed E-state index contributed by atoms with van der Waals surface area (Å²) in [6.07, 6.45) is 8.30. The third kappa shape index (κ3) is 8.47. The highest BCUT2D eigenvalue weighted by Gasteiger charge is 2.04. The van der Waals surface area contributed by atoms with E-state index in [0.717, 1.165) is 23.3 Å². The van der Waals surface area contributed by atoms with Gasteiger partial charge in [-0.25, -0.2) is 0 Å². The predicted octanol–water partition coefficient (Wildman–Crippen LogP) is 5.69. The van der Waals surface area contributed by atoms with Gasteiger partial charge in [-0.1, -0.05) is 45.1 Å². The zero-order valence-electron chi connectivity index (χ0n) is 13.8. The number of halogens is 1. The van der Waals surface area contributed by atoms with Crippen molar-refractivity contribution in [1.82, 2.24) is 5.32 Å². The van der Waals surface area contributed by atoms with Crippen LogP contribution in [0.25, 0.3) is 0 Å². The molecule has 1 aromatic rings. The van der Waals surface area contributed by atoms with Gasteiger partial charge in [-0.3, -0.25) is 0 Å². The first-order chi connectivity index (χ1) is 10.1. The summed E-state index contributed by atoms with van der Waals surface area (Å²) in [5.74, 6) is 0.921. The van der Waals surface area contributed by atoms with Crippen LogP contribution in [-0.2, 0) is 6.54 Å². The van der Waals surface area contributed by atoms with Gasteiger partial charge in [0.25, 0.3) is 0 Å². The van der Waals surface area contributed by atoms with E-state index in [1.54, 1.807) is 0 Å². The minimum atomic E-state index is 0.206. The van der Waals surface area contributed by atoms with Gasteiger partial charge >= 0.3 is 0 Å². The van der Waals surface area contributed by atoms with E-state index in [2.05, 4.69) is 40.3 Å². The van der Waals surface area contributed by atoms with Gasteiger partial charge in [0.1, 0.15) is 5.75 Å². The highest BCUT2D eigenvalue weighted by Crippen LogP contribution is 2.26. The lowest BCUT2D eigenvalue weighted by atomic mass is 10.1. The Balaban J connectivity index is 2.19. The fraction of sp³-hybridized carbons (Fsp3) is 0.667. The van der Waals surface area contributed by atoms with E-state index in [1.807, 2.05) is 19.9 Å². The van der Waals surface area contributed by atoms with Crippen LogP contribution in [0.3, 0.4) is 0 Å². The zero-order valence-corrected chi connectivity index (χ0v) is 15.3. The Kier molecular flexibility index (Phi) is 9.77. The van der Waals surface area contributed by atoms with Gasteiger partial charge in [0.2, 0.25) is 0 Å². The van der Waals surface area contributed by atoms with Gasteiger partial charge in [-0.2, -0.15) is 0 Å². The van der Waals surface area contributed by atoms with Crippen molar-refractivity contribution in [2.24, 2.45) is 0 Å². The molecule has 1 aromatic carbocycles. The summed E-state index contributed by atoms with van der Waals surface area (Å²) in [4.78, 5) is 0. The third-order valence-corrected chi connectivity index (χ3v) is 4.01. The van der Waals surface area contributed by atoms with Crippen molar-refractivity contribution < 1.29 is 4.74 Å². The molecule has 0 unspecified atom stereocenters. The molecule has 0 amide bonds. The number of unbranched alkanes of at least 4 members (excludes halogenated alkanes) is 5. The van der Waals surface area contributed by atoms with Gasteiger partial charge in [0.15, 0.2) is 0 Å². The Morgan fingerprint density at radius 3 is 2.48 bits per heavy atom. The van der Waals surface area contributed by atoms with E-state index in [0.29, 0.717) is 0 Å². The summed E-state index contributed by atoms with van der Waals surface area (Å²) in [5.41, 5.74) is 1.30. The SMILES string of the molecule is CCCCCCCCNCc1ccc(OC(C)C)c(Br)c1. The van der Waals surface area contributed by atoms with Crippen molar-refractivity contribution in [2.75, 3.05) is 6.54 Å². The van der Waals surface area contributed by atoms with E-state index in [1.165, 1.54) is 44.1 Å². The maximum Gasteiger partial charge on any atom is 0.133 e. The molecule has 3 heteroatoms. The lowest BCUT2D eigenvalue weighted by Crippen LogP contribution is -2.14. The van der Waals surface area contributed by atoms with Crippen LogP contribution < -0.4 is 10.1 Å². The molecule has 0 aliphatic rings. The first-order valence-electron chi connectivity index (χ1n) is 8.29. The molecule has 0 aliphatic carbocycles. The van der Waals surface area contributed by atoms with Gasteiger partial charge < -0.3 is 10.1 Å². The predicted molar refractivity (Wildman–Crippen MR) is 95.0 cm³/mol. The number of benzene rings is 1. The fourth-order valence-corrected chi connectivity index (χ4v) is 2.79. The first kappa shape index (κ1) is 18.5. The fourth-order valence-electron chi connectivity index (χ4n) is 2.27. The van der Waals surface area contributed by atoms with E-state index < -0.39 is 0 Å². The second-order valence-electron chi connectivity index (χ2n) is 5.88. The summed E-state index contributed by atoms with van der Waals surface area (Å²) in [5, 5.41) is 3.52. The van der Waals surface area contributed by atoms with Gasteiger partial charge in [-0.15, -0.1) is 0 Å². The standard InChI is InChI=1S/C18H30BrNO/c1-4-5-6-7-8-9-12-20-14-16-10-11-18(17(19)13-16)21-15(2)3/h10-11,13,15,20H,4-9,12,14H2,1-3H3. The van der Waals surface area contributed by atoms with Crippen LogP contribution in [0.1, 0.15) is 64.9 Å². The molecule has 0 saturated carbocycles. The van der Waals surface area contributed by atoms with Crippen molar-refractivity contribution in [3.63, 3.8) is 0 Å². The molecule has 0 fully saturated rings. The molecule has 0 heterocycles. The quantitative estimate of drug-likeness (QED) is 0.515. The Morgan fingerprint density at radius 1 is 1.10 bits per heavy atom. The Labute approximate surface area is 138 Å². The molecule has 0 radical (unpaired) electrons. The van der Waals surface area contributed by atoms with Crippen LogP contribution in [0.4, 0.5) is 0 Å². The maximum absolute atomic E-state index is 5.72. The second kappa shape index (κ2) is 11.1. The zero-order chi connectivity index (χ0) is 15.5. The topological polar surface area (TPSA) is 21.3 Å². The molecular weight excluding hydrogens is 326 g/mol. The highest BCUT2D eigenvalue weighted by atomic mass is 79.9. The molecule has 0 spiro atoms. The summed E-state index contributed by atoms with van der Waals surface area (Å²) in [7, 11) is 0. The summed E-state index contributed by atoms with van der Waals surface area (Å²) in [6, 6.07) is 6.33. The smallest absolute Gasteiger partial charge is 0.133 e. The molecule has 0 bridgehead atoms. The highest BCUT2D eigenvalue weighted by molar-refractivity contribution is 9.10. The minimum absolute atomic E-state index is 0.206. The molecule has 0 aliphatic heterocycles. The van der Waals surface area contributed by atoms with Crippen molar-refractivity contribution in [3.8, 4) is 5.75 Å².